The lowest BCUT2D eigenvalue weighted by Gasteiger charge is -2.37. The number of anilines is 1. The molecule has 7 unspecified atom stereocenters. The normalized spacial score (nSPS) is 27.3. The number of imidazole rings is 1. The van der Waals surface area contributed by atoms with Crippen molar-refractivity contribution in [2.75, 3.05) is 19.5 Å². The fraction of sp³-hybridized carbons (Fsp3) is 0.741. The molecule has 44 heavy (non-hydrogen) atoms. The number of aromatic nitrogens is 4. The average molecular weight is 642 g/mol. The Morgan fingerprint density at radius 1 is 1.14 bits per heavy atom. The van der Waals surface area contributed by atoms with E-state index in [9.17, 15) is 24.4 Å². The van der Waals surface area contributed by atoms with Crippen LogP contribution in [0.25, 0.3) is 11.2 Å². The minimum absolute atomic E-state index is 0.0622. The van der Waals surface area contributed by atoms with Gasteiger partial charge in [0.1, 0.15) is 35.8 Å². The Balaban J connectivity index is 1.31. The van der Waals surface area contributed by atoms with Gasteiger partial charge in [-0.3, -0.25) is 18.5 Å². The highest BCUT2D eigenvalue weighted by molar-refractivity contribution is 7.55. The number of aliphatic hydroxyl groups is 2. The van der Waals surface area contributed by atoms with Crippen LogP contribution < -0.4 is 16.4 Å². The number of carbonyl (C=O) groups excluding carboxylic acids is 2. The lowest BCUT2D eigenvalue weighted by molar-refractivity contribution is -0.134. The molecule has 2 fully saturated rings. The van der Waals surface area contributed by atoms with Crippen LogP contribution in [0.15, 0.2) is 12.7 Å². The minimum atomic E-state index is -4.08. The van der Waals surface area contributed by atoms with Crippen molar-refractivity contribution in [1.82, 2.24) is 30.2 Å². The van der Waals surface area contributed by atoms with Crippen molar-refractivity contribution < 1.29 is 42.9 Å². The van der Waals surface area contributed by atoms with Gasteiger partial charge >= 0.3 is 13.6 Å². The van der Waals surface area contributed by atoms with Crippen LogP contribution >= 0.6 is 7.60 Å². The van der Waals surface area contributed by atoms with Crippen LogP contribution in [0, 0.1) is 0 Å². The fourth-order valence-electron chi connectivity index (χ4n) is 5.33. The van der Waals surface area contributed by atoms with E-state index in [0.29, 0.717) is 17.6 Å². The van der Waals surface area contributed by atoms with Gasteiger partial charge in [-0.15, -0.1) is 0 Å². The molecule has 2 aliphatic rings. The van der Waals surface area contributed by atoms with E-state index in [2.05, 4.69) is 25.6 Å². The summed E-state index contributed by atoms with van der Waals surface area (Å²) >= 11 is 0. The average Bonchev–Trinajstić information content (AvgIpc) is 3.62. The maximum Gasteiger partial charge on any atom is 0.362 e. The summed E-state index contributed by atoms with van der Waals surface area (Å²) in [5, 5.41) is 25.6. The van der Waals surface area contributed by atoms with Gasteiger partial charge < -0.3 is 40.6 Å². The highest BCUT2D eigenvalue weighted by atomic mass is 31.2. The van der Waals surface area contributed by atoms with Crippen LogP contribution in [0.2, 0.25) is 0 Å². The molecule has 2 aromatic rings. The number of nitrogen functional groups attached to an aromatic ring is 1. The first-order chi connectivity index (χ1) is 20.6. The Hall–Kier alpha value is -2.72. The van der Waals surface area contributed by atoms with Crippen molar-refractivity contribution in [3.8, 4) is 0 Å². The summed E-state index contributed by atoms with van der Waals surface area (Å²) in [4.78, 5) is 36.7. The van der Waals surface area contributed by atoms with Crippen molar-refractivity contribution in [1.29, 1.82) is 0 Å². The summed E-state index contributed by atoms with van der Waals surface area (Å²) in [6, 6.07) is -0.0333. The van der Waals surface area contributed by atoms with Crippen LogP contribution in [-0.4, -0.2) is 96.6 Å². The Morgan fingerprint density at radius 2 is 1.86 bits per heavy atom. The number of amides is 2. The number of nitrogens with zero attached hydrogens (tertiary/aromatic N) is 4. The molecule has 0 bridgehead atoms. The molecule has 16 nitrogen and oxygen atoms in total. The van der Waals surface area contributed by atoms with E-state index in [4.69, 9.17) is 24.3 Å². The number of ether oxygens (including phenoxy) is 2. The van der Waals surface area contributed by atoms with Gasteiger partial charge in [0.15, 0.2) is 28.8 Å². The number of Topliss-reactive ketones (excluding diaryl/α,β-unsaturated/α-hetero) is 1. The molecule has 2 aliphatic heterocycles. The Labute approximate surface area is 255 Å². The van der Waals surface area contributed by atoms with Crippen LogP contribution in [-0.2, 0) is 27.9 Å². The highest BCUT2D eigenvalue weighted by Crippen LogP contribution is 2.62. The number of rotatable bonds is 15. The summed E-state index contributed by atoms with van der Waals surface area (Å²) in [5.41, 5.74) is 5.04. The summed E-state index contributed by atoms with van der Waals surface area (Å²) in [5.74, 6) is -0.0875. The molecule has 0 radical (unpaired) electrons. The Morgan fingerprint density at radius 3 is 2.52 bits per heavy atom. The fourth-order valence-corrected chi connectivity index (χ4v) is 7.00. The quantitative estimate of drug-likeness (QED) is 0.139. The van der Waals surface area contributed by atoms with Gasteiger partial charge in [0, 0.05) is 19.6 Å². The number of nitrogens with two attached hydrogens (primary N) is 1. The molecule has 17 heteroatoms. The van der Waals surface area contributed by atoms with Gasteiger partial charge in [0.25, 0.3) is 0 Å². The number of fused-ring (bicyclic) bond motifs is 1. The smallest absolute Gasteiger partial charge is 0.362 e. The first-order valence-corrected chi connectivity index (χ1v) is 16.2. The van der Waals surface area contributed by atoms with E-state index >= 15 is 0 Å². The third-order valence-electron chi connectivity index (χ3n) is 8.22. The molecule has 0 spiro atoms. The first-order valence-electron chi connectivity index (χ1n) is 14.7. The number of unbranched alkanes of at least 4 members (excludes halogenated alkanes) is 2. The zero-order valence-corrected chi connectivity index (χ0v) is 26.8. The largest absolute Gasteiger partial charge is 0.387 e. The monoisotopic (exact) mass is 641 g/mol. The van der Waals surface area contributed by atoms with E-state index in [-0.39, 0.29) is 42.7 Å². The lowest BCUT2D eigenvalue weighted by Crippen LogP contribution is -2.40. The van der Waals surface area contributed by atoms with Crippen LogP contribution in [0.3, 0.4) is 0 Å². The van der Waals surface area contributed by atoms with Crippen LogP contribution in [0.4, 0.5) is 10.6 Å². The van der Waals surface area contributed by atoms with Crippen molar-refractivity contribution >= 4 is 36.4 Å². The standard InChI is InChI=1S/C27H44N7O9P/c1-15-16(33-25(38)32-15)10-8-7-9-11-18(35)26(2,3)43-44(39,40-6)27(4,5)41-12-17-20(36)21(37)24(42-17)34-14-31-19-22(28)29-13-30-23(19)34/h13-17,20-21,24,36-37H,7-12H2,1-6H3,(H2,28,29,30)(H2,32,33,38). The molecule has 4 heterocycles. The molecule has 0 aromatic carbocycles. The second-order valence-corrected chi connectivity index (χ2v) is 14.8. The maximum atomic E-state index is 13.9. The molecular formula is C27H44N7O9P. The third-order valence-corrected chi connectivity index (χ3v) is 10.8. The Kier molecular flexibility index (Phi) is 10.3. The molecule has 0 saturated carbocycles. The van der Waals surface area contributed by atoms with Gasteiger partial charge in [0.2, 0.25) is 0 Å². The number of ketones is 1. The van der Waals surface area contributed by atoms with Crippen molar-refractivity contribution in [3.63, 3.8) is 0 Å². The summed E-state index contributed by atoms with van der Waals surface area (Å²) < 4.78 is 38.4. The number of urea groups is 1. The molecule has 246 valence electrons. The minimum Gasteiger partial charge on any atom is -0.387 e. The van der Waals surface area contributed by atoms with E-state index < -0.39 is 43.1 Å². The van der Waals surface area contributed by atoms with E-state index in [1.807, 2.05) is 6.92 Å². The maximum absolute atomic E-state index is 13.9. The molecule has 6 N–H and O–H groups in total. The second-order valence-electron chi connectivity index (χ2n) is 12.2. The molecule has 2 amide bonds. The number of nitrogens with one attached hydrogen (secondary N) is 2. The predicted molar refractivity (Wildman–Crippen MR) is 158 cm³/mol. The zero-order valence-electron chi connectivity index (χ0n) is 25.9. The van der Waals surface area contributed by atoms with Crippen molar-refractivity contribution in [2.24, 2.45) is 0 Å². The molecule has 2 aromatic heterocycles. The van der Waals surface area contributed by atoms with Gasteiger partial charge in [0.05, 0.1) is 19.0 Å². The van der Waals surface area contributed by atoms with Crippen LogP contribution in [0.1, 0.15) is 73.0 Å². The Bertz CT molecular complexity index is 1390. The number of hydrogen-bond acceptors (Lipinski definition) is 13. The lowest BCUT2D eigenvalue weighted by atomic mass is 9.97. The van der Waals surface area contributed by atoms with E-state index in [1.165, 1.54) is 52.0 Å². The molecule has 7 atom stereocenters. The summed E-state index contributed by atoms with van der Waals surface area (Å²) in [6.07, 6.45) is 1.07. The number of aliphatic hydroxyl groups excluding tert-OH is 2. The summed E-state index contributed by atoms with van der Waals surface area (Å²) in [7, 11) is -2.87. The van der Waals surface area contributed by atoms with Gasteiger partial charge in [-0.05, 0) is 47.5 Å². The second kappa shape index (κ2) is 13.3. The third kappa shape index (κ3) is 7.06. The van der Waals surface area contributed by atoms with Crippen molar-refractivity contribution in [2.45, 2.75) is 114 Å². The van der Waals surface area contributed by atoms with Gasteiger partial charge in [-0.1, -0.05) is 12.8 Å². The number of hydrogen-bond donors (Lipinski definition) is 5. The molecular weight excluding hydrogens is 597 g/mol. The number of carbonyl (C=O) groups is 2. The first kappa shape index (κ1) is 34.2. The van der Waals surface area contributed by atoms with Crippen molar-refractivity contribution in [3.05, 3.63) is 12.7 Å². The predicted octanol–water partition coefficient (Wildman–Crippen LogP) is 2.00. The SMILES string of the molecule is COP(=O)(OC(C)(C)C(=O)CCCCCC1NC(=O)NC1C)C(C)(C)OCC1OC(n2cnc3c(N)ncnc32)C(O)C1O. The van der Waals surface area contributed by atoms with E-state index in [0.717, 1.165) is 19.3 Å². The molecule has 4 rings (SSSR count). The highest BCUT2D eigenvalue weighted by Gasteiger charge is 2.51. The molecule has 0 aliphatic carbocycles. The molecule has 2 saturated heterocycles. The van der Waals surface area contributed by atoms with Crippen LogP contribution in [0.5, 0.6) is 0 Å². The zero-order chi connectivity index (χ0) is 32.4. The topological polar surface area (TPSA) is 222 Å². The van der Waals surface area contributed by atoms with E-state index in [1.54, 1.807) is 0 Å². The van der Waals surface area contributed by atoms with Gasteiger partial charge in [-0.25, -0.2) is 19.7 Å². The summed E-state index contributed by atoms with van der Waals surface area (Å²) in [6.45, 7) is 7.72. The van der Waals surface area contributed by atoms with Gasteiger partial charge in [-0.2, -0.15) is 0 Å².